The fraction of sp³-hybridized carbons (Fsp3) is 0.0741. The van der Waals surface area contributed by atoms with Crippen molar-refractivity contribution in [3.05, 3.63) is 108 Å². The summed E-state index contributed by atoms with van der Waals surface area (Å²) in [7, 11) is 1.76. The van der Waals surface area contributed by atoms with Gasteiger partial charge in [-0.25, -0.2) is 5.48 Å². The monoisotopic (exact) mass is 450 g/mol. The van der Waals surface area contributed by atoms with Crippen LogP contribution < -0.4 is 10.8 Å². The number of hydrogen-bond donors (Lipinski definition) is 2. The Morgan fingerprint density at radius 3 is 2.09 bits per heavy atom. The highest BCUT2D eigenvalue weighted by Gasteiger charge is 2.15. The summed E-state index contributed by atoms with van der Waals surface area (Å²) in [6.45, 7) is 0. The highest BCUT2D eigenvalue weighted by Crippen LogP contribution is 2.24. The third-order valence-electron chi connectivity index (χ3n) is 5.12. The maximum absolute atomic E-state index is 12.4. The Kier molecular flexibility index (Phi) is 6.82. The van der Waals surface area contributed by atoms with Gasteiger partial charge < -0.3 is 5.32 Å². The lowest BCUT2D eigenvalue weighted by Gasteiger charge is -2.13. The molecule has 4 aromatic rings. The smallest absolute Gasteiger partial charge is 0.274 e. The number of hydroxylamine groups is 1. The Morgan fingerprint density at radius 1 is 0.912 bits per heavy atom. The Bertz CT molecular complexity index is 1320. The van der Waals surface area contributed by atoms with Crippen molar-refractivity contribution in [3.8, 4) is 23.6 Å². The molecule has 0 spiro atoms. The molecule has 0 radical (unpaired) electrons. The Morgan fingerprint density at radius 2 is 1.50 bits per heavy atom. The van der Waals surface area contributed by atoms with Gasteiger partial charge in [-0.2, -0.15) is 5.10 Å². The zero-order chi connectivity index (χ0) is 23.9. The van der Waals surface area contributed by atoms with Crippen molar-refractivity contribution in [3.63, 3.8) is 0 Å². The summed E-state index contributed by atoms with van der Waals surface area (Å²) in [5.74, 6) is 2.51. The number of carbonyl (C=O) groups excluding carboxylic acids is 2. The van der Waals surface area contributed by atoms with Gasteiger partial charge in [-0.3, -0.25) is 19.1 Å². The zero-order valence-electron chi connectivity index (χ0n) is 18.4. The van der Waals surface area contributed by atoms with E-state index in [1.807, 2.05) is 48.5 Å². The Hall–Kier alpha value is -4.67. The Labute approximate surface area is 197 Å². The molecule has 2 amide bonds. The number of hydrogen-bond acceptors (Lipinski definition) is 4. The minimum absolute atomic E-state index is 0.211. The molecule has 0 aliphatic carbocycles. The molecule has 0 aliphatic rings. The first-order chi connectivity index (χ1) is 16.5. The molecule has 2 N–H and O–H groups in total. The van der Waals surface area contributed by atoms with Crippen LogP contribution in [-0.2, 0) is 11.9 Å². The number of aryl methyl sites for hydroxylation is 1. The number of aromatic nitrogens is 2. The first kappa shape index (κ1) is 22.5. The predicted octanol–water partition coefficient (Wildman–Crippen LogP) is 4.38. The average Bonchev–Trinajstić information content (AvgIpc) is 3.25. The van der Waals surface area contributed by atoms with Crippen molar-refractivity contribution in [1.82, 2.24) is 15.3 Å². The molecule has 0 bridgehead atoms. The molecule has 0 fully saturated rings. The fourth-order valence-corrected chi connectivity index (χ4v) is 3.29. The van der Waals surface area contributed by atoms with E-state index in [-0.39, 0.29) is 11.8 Å². The lowest BCUT2D eigenvalue weighted by Crippen LogP contribution is -2.25. The van der Waals surface area contributed by atoms with Gasteiger partial charge in [0, 0.05) is 29.8 Å². The maximum atomic E-state index is 12.4. The second-order valence-electron chi connectivity index (χ2n) is 7.44. The summed E-state index contributed by atoms with van der Waals surface area (Å²) < 4.78 is 1.61. The van der Waals surface area contributed by atoms with E-state index < -0.39 is 6.10 Å². The van der Waals surface area contributed by atoms with Crippen LogP contribution in [0.3, 0.4) is 0 Å². The Balaban J connectivity index is 1.42. The van der Waals surface area contributed by atoms with Crippen LogP contribution in [0.2, 0.25) is 0 Å². The van der Waals surface area contributed by atoms with Crippen molar-refractivity contribution >= 4 is 17.6 Å². The summed E-state index contributed by atoms with van der Waals surface area (Å²) in [5, 5.41) is 7.36. The number of carbonyl (C=O) groups is 2. The molecular weight excluding hydrogens is 428 g/mol. The number of rotatable bonds is 7. The molecule has 34 heavy (non-hydrogen) atoms. The molecule has 4 rings (SSSR count). The van der Waals surface area contributed by atoms with Crippen molar-refractivity contribution in [1.29, 1.82) is 0 Å². The lowest BCUT2D eigenvalue weighted by atomic mass is 10.1. The lowest BCUT2D eigenvalue weighted by molar-refractivity contribution is 0.00729. The van der Waals surface area contributed by atoms with E-state index in [4.69, 9.17) is 11.3 Å². The molecule has 3 aromatic carbocycles. The SMILES string of the molecule is C#CC(ONC(=O)c1ccccc1)c1ccc(-c2cc(NC(=O)c3ccccc3)n(C)n2)cc1. The van der Waals surface area contributed by atoms with Gasteiger partial charge in [0.1, 0.15) is 5.82 Å². The van der Waals surface area contributed by atoms with E-state index in [0.29, 0.717) is 28.2 Å². The van der Waals surface area contributed by atoms with E-state index in [0.717, 1.165) is 5.56 Å². The topological polar surface area (TPSA) is 85.3 Å². The van der Waals surface area contributed by atoms with Crippen LogP contribution in [0.1, 0.15) is 32.4 Å². The van der Waals surface area contributed by atoms with E-state index in [2.05, 4.69) is 21.8 Å². The van der Waals surface area contributed by atoms with Crippen LogP contribution in [-0.4, -0.2) is 21.6 Å². The molecule has 0 saturated carbocycles. The summed E-state index contributed by atoms with van der Waals surface area (Å²) in [6.07, 6.45) is 4.86. The normalized spacial score (nSPS) is 11.3. The van der Waals surface area contributed by atoms with Crippen molar-refractivity contribution in [2.45, 2.75) is 6.10 Å². The van der Waals surface area contributed by atoms with Crippen LogP contribution in [0.25, 0.3) is 11.3 Å². The number of benzene rings is 3. The predicted molar refractivity (Wildman–Crippen MR) is 130 cm³/mol. The highest BCUT2D eigenvalue weighted by molar-refractivity contribution is 6.04. The molecule has 1 aromatic heterocycles. The summed E-state index contributed by atoms with van der Waals surface area (Å²) in [6, 6.07) is 26.8. The molecule has 1 atom stereocenters. The van der Waals surface area contributed by atoms with E-state index in [1.165, 1.54) is 0 Å². The van der Waals surface area contributed by atoms with Crippen molar-refractivity contribution < 1.29 is 14.4 Å². The van der Waals surface area contributed by atoms with Gasteiger partial charge in [0.05, 0.1) is 5.69 Å². The molecular formula is C27H22N4O3. The number of nitrogens with one attached hydrogen (secondary N) is 2. The number of amides is 2. The van der Waals surface area contributed by atoms with Gasteiger partial charge >= 0.3 is 0 Å². The summed E-state index contributed by atoms with van der Waals surface area (Å²) in [4.78, 5) is 30.1. The number of anilines is 1. The fourth-order valence-electron chi connectivity index (χ4n) is 3.29. The van der Waals surface area contributed by atoms with Gasteiger partial charge in [-0.15, -0.1) is 6.42 Å². The summed E-state index contributed by atoms with van der Waals surface area (Å²) >= 11 is 0. The number of nitrogens with zero attached hydrogens (tertiary/aromatic N) is 2. The standard InChI is InChI=1S/C27H22N4O3/c1-3-24(34-30-27(33)22-12-8-5-9-13-22)20-16-14-19(15-17-20)23-18-25(31(2)29-23)28-26(32)21-10-6-4-7-11-21/h1,4-18,24H,2H3,(H,28,32)(H,30,33). The molecule has 7 heteroatoms. The van der Waals surface area contributed by atoms with Gasteiger partial charge in [-0.1, -0.05) is 66.6 Å². The van der Waals surface area contributed by atoms with Gasteiger partial charge in [0.25, 0.3) is 11.8 Å². The van der Waals surface area contributed by atoms with E-state index in [9.17, 15) is 9.59 Å². The van der Waals surface area contributed by atoms with Gasteiger partial charge in [-0.05, 0) is 29.8 Å². The molecule has 7 nitrogen and oxygen atoms in total. The first-order valence-corrected chi connectivity index (χ1v) is 10.5. The average molecular weight is 450 g/mol. The second kappa shape index (κ2) is 10.3. The molecule has 0 saturated heterocycles. The quantitative estimate of drug-likeness (QED) is 0.323. The third kappa shape index (κ3) is 5.21. The van der Waals surface area contributed by atoms with Crippen LogP contribution in [0.4, 0.5) is 5.82 Å². The van der Waals surface area contributed by atoms with E-state index in [1.54, 1.807) is 54.2 Å². The third-order valence-corrected chi connectivity index (χ3v) is 5.12. The maximum Gasteiger partial charge on any atom is 0.274 e. The van der Waals surface area contributed by atoms with Crippen LogP contribution in [0.5, 0.6) is 0 Å². The molecule has 1 heterocycles. The number of terminal acetylenes is 1. The molecule has 0 aliphatic heterocycles. The zero-order valence-corrected chi connectivity index (χ0v) is 18.4. The van der Waals surface area contributed by atoms with E-state index >= 15 is 0 Å². The minimum Gasteiger partial charge on any atom is -0.307 e. The second-order valence-corrected chi connectivity index (χ2v) is 7.44. The highest BCUT2D eigenvalue weighted by atomic mass is 16.7. The molecule has 168 valence electrons. The largest absolute Gasteiger partial charge is 0.307 e. The van der Waals surface area contributed by atoms with Gasteiger partial charge in [0.2, 0.25) is 0 Å². The van der Waals surface area contributed by atoms with Crippen LogP contribution in [0, 0.1) is 12.3 Å². The van der Waals surface area contributed by atoms with Crippen molar-refractivity contribution in [2.75, 3.05) is 5.32 Å². The van der Waals surface area contributed by atoms with Crippen LogP contribution >= 0.6 is 0 Å². The minimum atomic E-state index is -0.758. The van der Waals surface area contributed by atoms with Gasteiger partial charge in [0.15, 0.2) is 6.10 Å². The molecule has 1 unspecified atom stereocenters. The summed E-state index contributed by atoms with van der Waals surface area (Å²) in [5.41, 5.74) is 5.66. The van der Waals surface area contributed by atoms with Crippen molar-refractivity contribution in [2.24, 2.45) is 7.05 Å². The first-order valence-electron chi connectivity index (χ1n) is 10.5. The van der Waals surface area contributed by atoms with Crippen LogP contribution in [0.15, 0.2) is 91.0 Å².